The minimum Gasteiger partial charge on any atom is -0.464 e. The van der Waals surface area contributed by atoms with Crippen LogP contribution in [0.1, 0.15) is 19.5 Å². The van der Waals surface area contributed by atoms with E-state index >= 15 is 0 Å². The van der Waals surface area contributed by atoms with Crippen molar-refractivity contribution in [3.63, 3.8) is 0 Å². The number of aromatic nitrogens is 4. The van der Waals surface area contributed by atoms with Crippen LogP contribution in [0, 0.1) is 6.92 Å². The molecule has 20 heavy (non-hydrogen) atoms. The van der Waals surface area contributed by atoms with Crippen molar-refractivity contribution in [3.05, 3.63) is 24.0 Å². The highest BCUT2D eigenvalue weighted by Gasteiger charge is 2.10. The monoisotopic (exact) mass is 275 g/mol. The normalized spacial score (nSPS) is 10.2. The maximum atomic E-state index is 5.64. The Morgan fingerprint density at radius 2 is 1.95 bits per heavy atom. The highest BCUT2D eigenvalue weighted by Crippen LogP contribution is 2.22. The van der Waals surface area contributed by atoms with Crippen molar-refractivity contribution in [2.45, 2.75) is 20.8 Å². The standard InChI is InChI=1S/C13H17N5O2/c1-4-14-11-16-12(19-5-2)18-13(17-11)20-10-7-6-8-15-9(10)3/h6-8H,4-5H2,1-3H3,(H,14,16,17,18). The third-order valence-corrected chi connectivity index (χ3v) is 2.36. The lowest BCUT2D eigenvalue weighted by atomic mass is 10.3. The van der Waals surface area contributed by atoms with Crippen LogP contribution in [0.15, 0.2) is 18.3 Å². The fraction of sp³-hybridized carbons (Fsp3) is 0.385. The molecule has 1 N–H and O–H groups in total. The molecule has 0 aliphatic carbocycles. The molecule has 0 fully saturated rings. The smallest absolute Gasteiger partial charge is 0.330 e. The summed E-state index contributed by atoms with van der Waals surface area (Å²) in [5.41, 5.74) is 0.760. The molecule has 0 bridgehead atoms. The fourth-order valence-corrected chi connectivity index (χ4v) is 1.49. The first kappa shape index (κ1) is 14.0. The number of ether oxygens (including phenoxy) is 2. The van der Waals surface area contributed by atoms with Crippen molar-refractivity contribution in [1.29, 1.82) is 0 Å². The molecule has 0 spiro atoms. The molecule has 0 atom stereocenters. The molecule has 7 nitrogen and oxygen atoms in total. The molecule has 0 amide bonds. The van der Waals surface area contributed by atoms with Gasteiger partial charge in [-0.1, -0.05) is 0 Å². The molecule has 2 heterocycles. The van der Waals surface area contributed by atoms with E-state index in [1.807, 2.05) is 20.8 Å². The Balaban J connectivity index is 2.28. The predicted molar refractivity (Wildman–Crippen MR) is 74.2 cm³/mol. The van der Waals surface area contributed by atoms with Gasteiger partial charge in [0.15, 0.2) is 5.75 Å². The van der Waals surface area contributed by atoms with Crippen LogP contribution in [-0.4, -0.2) is 33.1 Å². The average molecular weight is 275 g/mol. The second-order valence-electron chi connectivity index (χ2n) is 3.88. The van der Waals surface area contributed by atoms with Crippen LogP contribution in [0.5, 0.6) is 17.8 Å². The van der Waals surface area contributed by atoms with E-state index in [2.05, 4.69) is 25.3 Å². The van der Waals surface area contributed by atoms with Gasteiger partial charge in [-0.2, -0.15) is 9.97 Å². The first-order chi connectivity index (χ1) is 9.72. The minimum absolute atomic E-state index is 0.176. The Labute approximate surface area is 117 Å². The van der Waals surface area contributed by atoms with Crippen LogP contribution in [-0.2, 0) is 0 Å². The number of rotatable bonds is 6. The summed E-state index contributed by atoms with van der Waals surface area (Å²) in [6, 6.07) is 4.00. The second-order valence-corrected chi connectivity index (χ2v) is 3.88. The summed E-state index contributed by atoms with van der Waals surface area (Å²) >= 11 is 0. The van der Waals surface area contributed by atoms with E-state index in [1.54, 1.807) is 18.3 Å². The zero-order valence-electron chi connectivity index (χ0n) is 11.8. The number of anilines is 1. The van der Waals surface area contributed by atoms with E-state index in [4.69, 9.17) is 9.47 Å². The number of aryl methyl sites for hydroxylation is 1. The average Bonchev–Trinajstić information content (AvgIpc) is 2.42. The minimum atomic E-state index is 0.176. The largest absolute Gasteiger partial charge is 0.464 e. The van der Waals surface area contributed by atoms with Crippen molar-refractivity contribution in [2.24, 2.45) is 0 Å². The molecular weight excluding hydrogens is 258 g/mol. The lowest BCUT2D eigenvalue weighted by Crippen LogP contribution is -2.07. The number of hydrogen-bond donors (Lipinski definition) is 1. The number of pyridine rings is 1. The van der Waals surface area contributed by atoms with Gasteiger partial charge in [0.05, 0.1) is 12.3 Å². The van der Waals surface area contributed by atoms with E-state index in [1.165, 1.54) is 0 Å². The van der Waals surface area contributed by atoms with Crippen molar-refractivity contribution in [1.82, 2.24) is 19.9 Å². The molecule has 0 aliphatic rings. The number of nitrogens with one attached hydrogen (secondary N) is 1. The molecule has 106 valence electrons. The predicted octanol–water partition coefficient (Wildman–Crippen LogP) is 2.20. The van der Waals surface area contributed by atoms with Gasteiger partial charge in [-0.3, -0.25) is 4.98 Å². The molecule has 0 saturated heterocycles. The van der Waals surface area contributed by atoms with Crippen molar-refractivity contribution >= 4 is 5.95 Å². The van der Waals surface area contributed by atoms with Gasteiger partial charge in [0.25, 0.3) is 0 Å². The van der Waals surface area contributed by atoms with Crippen LogP contribution in [0.2, 0.25) is 0 Å². The Hall–Kier alpha value is -2.44. The SMILES string of the molecule is CCNc1nc(OCC)nc(Oc2cccnc2C)n1. The Morgan fingerprint density at radius 1 is 1.15 bits per heavy atom. The topological polar surface area (TPSA) is 82.1 Å². The van der Waals surface area contributed by atoms with Gasteiger partial charge in [0.2, 0.25) is 5.95 Å². The van der Waals surface area contributed by atoms with Crippen LogP contribution >= 0.6 is 0 Å². The molecule has 7 heteroatoms. The van der Waals surface area contributed by atoms with Gasteiger partial charge >= 0.3 is 12.0 Å². The maximum Gasteiger partial charge on any atom is 0.330 e. The molecule has 0 aromatic carbocycles. The van der Waals surface area contributed by atoms with E-state index in [0.29, 0.717) is 24.8 Å². The summed E-state index contributed by atoms with van der Waals surface area (Å²) < 4.78 is 10.9. The van der Waals surface area contributed by atoms with Gasteiger partial charge < -0.3 is 14.8 Å². The Bertz CT molecular complexity index is 552. The lowest BCUT2D eigenvalue weighted by molar-refractivity contribution is 0.303. The zero-order valence-corrected chi connectivity index (χ0v) is 11.8. The molecule has 2 rings (SSSR count). The van der Waals surface area contributed by atoms with Crippen molar-refractivity contribution in [2.75, 3.05) is 18.5 Å². The van der Waals surface area contributed by atoms with Gasteiger partial charge in [0.1, 0.15) is 0 Å². The van der Waals surface area contributed by atoms with Crippen LogP contribution in [0.3, 0.4) is 0 Å². The van der Waals surface area contributed by atoms with Gasteiger partial charge in [-0.05, 0) is 32.9 Å². The Morgan fingerprint density at radius 3 is 2.65 bits per heavy atom. The van der Waals surface area contributed by atoms with E-state index in [0.717, 1.165) is 5.69 Å². The highest BCUT2D eigenvalue weighted by atomic mass is 16.5. The molecule has 2 aromatic heterocycles. The molecule has 0 aliphatic heterocycles. The molecule has 2 aromatic rings. The number of hydrogen-bond acceptors (Lipinski definition) is 7. The van der Waals surface area contributed by atoms with Crippen molar-refractivity contribution < 1.29 is 9.47 Å². The van der Waals surface area contributed by atoms with Gasteiger partial charge in [-0.15, -0.1) is 4.98 Å². The molecule has 0 radical (unpaired) electrons. The summed E-state index contributed by atoms with van der Waals surface area (Å²) in [6.45, 7) is 6.84. The summed E-state index contributed by atoms with van der Waals surface area (Å²) in [7, 11) is 0. The Kier molecular flexibility index (Phi) is 4.65. The third-order valence-electron chi connectivity index (χ3n) is 2.36. The van der Waals surface area contributed by atoms with Crippen molar-refractivity contribution in [3.8, 4) is 17.8 Å². The quantitative estimate of drug-likeness (QED) is 0.865. The highest BCUT2D eigenvalue weighted by molar-refractivity contribution is 5.31. The van der Waals surface area contributed by atoms with E-state index in [9.17, 15) is 0 Å². The first-order valence-corrected chi connectivity index (χ1v) is 6.45. The zero-order chi connectivity index (χ0) is 14.4. The summed E-state index contributed by atoms with van der Waals surface area (Å²) in [6.07, 6.45) is 1.70. The fourth-order valence-electron chi connectivity index (χ4n) is 1.49. The van der Waals surface area contributed by atoms with E-state index in [-0.39, 0.29) is 12.0 Å². The van der Waals surface area contributed by atoms with Crippen LogP contribution in [0.25, 0.3) is 0 Å². The summed E-state index contributed by atoms with van der Waals surface area (Å²) in [5.74, 6) is 1.02. The molecular formula is C13H17N5O2. The number of nitrogens with zero attached hydrogens (tertiary/aromatic N) is 4. The van der Waals surface area contributed by atoms with E-state index < -0.39 is 0 Å². The first-order valence-electron chi connectivity index (χ1n) is 6.45. The maximum absolute atomic E-state index is 5.64. The van der Waals surface area contributed by atoms with Gasteiger partial charge in [-0.25, -0.2) is 0 Å². The molecule has 0 saturated carbocycles. The second kappa shape index (κ2) is 6.65. The van der Waals surface area contributed by atoms with Crippen LogP contribution < -0.4 is 14.8 Å². The third kappa shape index (κ3) is 3.53. The summed E-state index contributed by atoms with van der Waals surface area (Å²) in [5, 5.41) is 3.01. The van der Waals surface area contributed by atoms with Crippen LogP contribution in [0.4, 0.5) is 5.95 Å². The lowest BCUT2D eigenvalue weighted by Gasteiger charge is -2.09. The summed E-state index contributed by atoms with van der Waals surface area (Å²) in [4.78, 5) is 16.6. The molecule has 0 unspecified atom stereocenters. The van der Waals surface area contributed by atoms with Gasteiger partial charge in [0, 0.05) is 12.7 Å².